The molecule has 6 nitrogen and oxygen atoms in total. The van der Waals surface area contributed by atoms with Gasteiger partial charge >= 0.3 is 0 Å². The maximum atomic E-state index is 12.1. The van der Waals surface area contributed by atoms with Gasteiger partial charge in [-0.3, -0.25) is 4.68 Å². The van der Waals surface area contributed by atoms with E-state index in [1.807, 2.05) is 6.92 Å². The molecule has 1 aromatic rings. The maximum absolute atomic E-state index is 12.1. The zero-order valence-corrected chi connectivity index (χ0v) is 12.1. The van der Waals surface area contributed by atoms with Crippen LogP contribution in [-0.4, -0.2) is 37.3 Å². The Labute approximate surface area is 114 Å². The van der Waals surface area contributed by atoms with Crippen LogP contribution >= 0.6 is 0 Å². The fourth-order valence-electron chi connectivity index (χ4n) is 2.40. The monoisotopic (exact) mass is 286 g/mol. The minimum atomic E-state index is -3.44. The molecular formula is C12H22N4O2S. The molecule has 0 bridgehead atoms. The molecule has 1 saturated heterocycles. The average Bonchev–Trinajstić information content (AvgIpc) is 2.89. The van der Waals surface area contributed by atoms with Crippen LogP contribution in [0.4, 0.5) is 0 Å². The van der Waals surface area contributed by atoms with E-state index in [2.05, 4.69) is 15.1 Å². The standard InChI is InChI=1S/C12H22N4O2S/c1-2-16-12(7-9-14-16)19(17,18)15-10-6-11-5-3-4-8-13-11/h7,9,11,13,15H,2-6,8,10H2,1H3. The van der Waals surface area contributed by atoms with E-state index in [1.54, 1.807) is 0 Å². The van der Waals surface area contributed by atoms with Crippen molar-refractivity contribution in [2.24, 2.45) is 0 Å². The molecule has 1 aliphatic rings. The number of aromatic nitrogens is 2. The quantitative estimate of drug-likeness (QED) is 0.807. The summed E-state index contributed by atoms with van der Waals surface area (Å²) in [7, 11) is -3.44. The summed E-state index contributed by atoms with van der Waals surface area (Å²) in [4.78, 5) is 0. The summed E-state index contributed by atoms with van der Waals surface area (Å²) in [6.45, 7) is 3.93. The molecule has 1 fully saturated rings. The van der Waals surface area contributed by atoms with Gasteiger partial charge in [-0.05, 0) is 38.8 Å². The van der Waals surface area contributed by atoms with E-state index >= 15 is 0 Å². The highest BCUT2D eigenvalue weighted by Crippen LogP contribution is 2.11. The van der Waals surface area contributed by atoms with Crippen molar-refractivity contribution in [1.82, 2.24) is 19.8 Å². The molecule has 1 unspecified atom stereocenters. The molecule has 1 atom stereocenters. The van der Waals surface area contributed by atoms with Crippen LogP contribution in [0.25, 0.3) is 0 Å². The van der Waals surface area contributed by atoms with Gasteiger partial charge in [-0.1, -0.05) is 6.42 Å². The highest BCUT2D eigenvalue weighted by atomic mass is 32.2. The van der Waals surface area contributed by atoms with Crippen LogP contribution in [0.1, 0.15) is 32.6 Å². The largest absolute Gasteiger partial charge is 0.314 e. The third-order valence-electron chi connectivity index (χ3n) is 3.45. The van der Waals surface area contributed by atoms with Crippen molar-refractivity contribution >= 4 is 10.0 Å². The molecule has 0 spiro atoms. The Morgan fingerprint density at radius 2 is 2.37 bits per heavy atom. The van der Waals surface area contributed by atoms with Crippen LogP contribution in [0.2, 0.25) is 0 Å². The normalized spacial score (nSPS) is 20.6. The molecule has 2 rings (SSSR count). The number of piperidine rings is 1. The third kappa shape index (κ3) is 3.77. The zero-order valence-electron chi connectivity index (χ0n) is 11.3. The predicted octanol–water partition coefficient (Wildman–Crippen LogP) is 0.714. The Hall–Kier alpha value is -0.920. The Balaban J connectivity index is 1.87. The van der Waals surface area contributed by atoms with Gasteiger partial charge in [0.25, 0.3) is 10.0 Å². The lowest BCUT2D eigenvalue weighted by atomic mass is 10.0. The average molecular weight is 286 g/mol. The number of aryl methyl sites for hydroxylation is 1. The lowest BCUT2D eigenvalue weighted by molar-refractivity contribution is 0.382. The summed E-state index contributed by atoms with van der Waals surface area (Å²) >= 11 is 0. The van der Waals surface area contributed by atoms with Gasteiger partial charge in [-0.15, -0.1) is 0 Å². The lowest BCUT2D eigenvalue weighted by Gasteiger charge is -2.23. The molecule has 1 aliphatic heterocycles. The van der Waals surface area contributed by atoms with E-state index in [9.17, 15) is 8.42 Å². The summed E-state index contributed by atoms with van der Waals surface area (Å²) in [5, 5.41) is 7.64. The molecular weight excluding hydrogens is 264 g/mol. The van der Waals surface area contributed by atoms with Crippen LogP contribution in [0.5, 0.6) is 0 Å². The molecule has 0 radical (unpaired) electrons. The molecule has 2 heterocycles. The topological polar surface area (TPSA) is 76.0 Å². The first kappa shape index (κ1) is 14.5. The van der Waals surface area contributed by atoms with Gasteiger partial charge in [0.2, 0.25) is 0 Å². The number of sulfonamides is 1. The molecule has 2 N–H and O–H groups in total. The maximum Gasteiger partial charge on any atom is 0.257 e. The molecule has 0 saturated carbocycles. The van der Waals surface area contributed by atoms with Crippen LogP contribution in [0, 0.1) is 0 Å². The smallest absolute Gasteiger partial charge is 0.257 e. The summed E-state index contributed by atoms with van der Waals surface area (Å²) in [6, 6.07) is 1.97. The Morgan fingerprint density at radius 3 is 3.05 bits per heavy atom. The van der Waals surface area contributed by atoms with Gasteiger partial charge in [0.1, 0.15) is 0 Å². The number of hydrogen-bond donors (Lipinski definition) is 2. The van der Waals surface area contributed by atoms with Gasteiger partial charge in [0.05, 0.1) is 6.20 Å². The fourth-order valence-corrected chi connectivity index (χ4v) is 3.63. The van der Waals surface area contributed by atoms with Crippen molar-refractivity contribution in [1.29, 1.82) is 0 Å². The van der Waals surface area contributed by atoms with Gasteiger partial charge in [-0.2, -0.15) is 5.10 Å². The lowest BCUT2D eigenvalue weighted by Crippen LogP contribution is -2.37. The zero-order chi connectivity index (χ0) is 13.7. The van der Waals surface area contributed by atoms with Crippen molar-refractivity contribution in [2.75, 3.05) is 13.1 Å². The van der Waals surface area contributed by atoms with Crippen molar-refractivity contribution < 1.29 is 8.42 Å². The SMILES string of the molecule is CCn1nccc1S(=O)(=O)NCCC1CCCCN1. The van der Waals surface area contributed by atoms with E-state index in [-0.39, 0.29) is 5.03 Å². The van der Waals surface area contributed by atoms with Gasteiger partial charge in [0.15, 0.2) is 5.03 Å². The fraction of sp³-hybridized carbons (Fsp3) is 0.750. The van der Waals surface area contributed by atoms with E-state index in [4.69, 9.17) is 0 Å². The Kier molecular flexibility index (Phi) is 4.95. The number of nitrogens with one attached hydrogen (secondary N) is 2. The summed E-state index contributed by atoms with van der Waals surface area (Å²) in [5.41, 5.74) is 0. The first-order chi connectivity index (χ1) is 9.13. The Morgan fingerprint density at radius 1 is 1.53 bits per heavy atom. The van der Waals surface area contributed by atoms with Crippen LogP contribution in [-0.2, 0) is 16.6 Å². The molecule has 108 valence electrons. The summed E-state index contributed by atoms with van der Waals surface area (Å²) in [5.74, 6) is 0. The van der Waals surface area contributed by atoms with Gasteiger partial charge in [0, 0.05) is 19.1 Å². The number of hydrogen-bond acceptors (Lipinski definition) is 4. The minimum absolute atomic E-state index is 0.242. The first-order valence-electron chi connectivity index (χ1n) is 6.88. The van der Waals surface area contributed by atoms with Crippen LogP contribution in [0.15, 0.2) is 17.3 Å². The van der Waals surface area contributed by atoms with Crippen molar-refractivity contribution in [3.05, 3.63) is 12.3 Å². The molecule has 7 heteroatoms. The first-order valence-corrected chi connectivity index (χ1v) is 8.36. The summed E-state index contributed by atoms with van der Waals surface area (Å²) < 4.78 is 28.4. The highest BCUT2D eigenvalue weighted by molar-refractivity contribution is 7.89. The predicted molar refractivity (Wildman–Crippen MR) is 73.3 cm³/mol. The second kappa shape index (κ2) is 6.49. The molecule has 0 amide bonds. The number of rotatable bonds is 6. The molecule has 0 aliphatic carbocycles. The Bertz CT molecular complexity index is 492. The second-order valence-corrected chi connectivity index (χ2v) is 6.53. The molecule has 0 aromatic carbocycles. The van der Waals surface area contributed by atoms with Gasteiger partial charge < -0.3 is 5.32 Å². The second-order valence-electron chi connectivity index (χ2n) is 4.82. The number of nitrogens with zero attached hydrogens (tertiary/aromatic N) is 2. The van der Waals surface area contributed by atoms with E-state index in [1.165, 1.54) is 29.8 Å². The van der Waals surface area contributed by atoms with Crippen molar-refractivity contribution in [3.8, 4) is 0 Å². The van der Waals surface area contributed by atoms with E-state index in [0.29, 0.717) is 19.1 Å². The van der Waals surface area contributed by atoms with Crippen LogP contribution in [0.3, 0.4) is 0 Å². The minimum Gasteiger partial charge on any atom is -0.314 e. The van der Waals surface area contributed by atoms with Crippen LogP contribution < -0.4 is 10.0 Å². The summed E-state index contributed by atoms with van der Waals surface area (Å²) in [6.07, 6.45) is 5.93. The molecule has 19 heavy (non-hydrogen) atoms. The van der Waals surface area contributed by atoms with Gasteiger partial charge in [-0.25, -0.2) is 13.1 Å². The third-order valence-corrected chi connectivity index (χ3v) is 4.93. The van der Waals surface area contributed by atoms with E-state index in [0.717, 1.165) is 19.4 Å². The highest BCUT2D eigenvalue weighted by Gasteiger charge is 2.19. The molecule has 1 aromatic heterocycles. The van der Waals surface area contributed by atoms with E-state index < -0.39 is 10.0 Å². The van der Waals surface area contributed by atoms with Crippen molar-refractivity contribution in [3.63, 3.8) is 0 Å². The van der Waals surface area contributed by atoms with Crippen molar-refractivity contribution in [2.45, 2.75) is 50.2 Å².